The third kappa shape index (κ3) is 7.52. The highest BCUT2D eigenvalue weighted by atomic mass is 32.2. The van der Waals surface area contributed by atoms with Gasteiger partial charge in [0.25, 0.3) is 0 Å². The molecule has 0 aliphatic carbocycles. The summed E-state index contributed by atoms with van der Waals surface area (Å²) in [4.78, 5) is 6.67. The number of aliphatic imine (C=N–C) groups is 1. The van der Waals surface area contributed by atoms with E-state index < -0.39 is 9.84 Å². The zero-order chi connectivity index (χ0) is 17.3. The van der Waals surface area contributed by atoms with Gasteiger partial charge in [-0.2, -0.15) is 0 Å². The molecule has 0 saturated carbocycles. The Balaban J connectivity index is 2.27. The number of rotatable bonds is 9. The summed E-state index contributed by atoms with van der Waals surface area (Å²) in [6.45, 7) is 8.05. The third-order valence-electron chi connectivity index (χ3n) is 4.58. The molecule has 1 saturated heterocycles. The van der Waals surface area contributed by atoms with E-state index in [0.29, 0.717) is 13.2 Å². The van der Waals surface area contributed by atoms with E-state index in [2.05, 4.69) is 29.1 Å². The van der Waals surface area contributed by atoms with E-state index in [1.165, 1.54) is 25.5 Å². The van der Waals surface area contributed by atoms with Crippen molar-refractivity contribution in [3.8, 4) is 0 Å². The normalized spacial score (nSPS) is 19.6. The van der Waals surface area contributed by atoms with Crippen LogP contribution in [-0.2, 0) is 14.6 Å². The molecule has 1 atom stereocenters. The Morgan fingerprint density at radius 3 is 2.61 bits per heavy atom. The monoisotopic (exact) mass is 347 g/mol. The van der Waals surface area contributed by atoms with Crippen molar-refractivity contribution >= 4 is 15.8 Å². The number of sulfone groups is 1. The minimum Gasteiger partial charge on any atom is -0.379 e. The van der Waals surface area contributed by atoms with Crippen LogP contribution in [0.15, 0.2) is 4.99 Å². The van der Waals surface area contributed by atoms with Crippen LogP contribution in [0.25, 0.3) is 0 Å². The summed E-state index contributed by atoms with van der Waals surface area (Å²) < 4.78 is 27.4. The molecular formula is C16H33N3O3S. The molecule has 1 heterocycles. The molecule has 0 radical (unpaired) electrons. The summed E-state index contributed by atoms with van der Waals surface area (Å²) in [5, 5.41) is 3.31. The first-order valence-electron chi connectivity index (χ1n) is 8.62. The van der Waals surface area contributed by atoms with Crippen LogP contribution < -0.4 is 5.32 Å². The van der Waals surface area contributed by atoms with Crippen molar-refractivity contribution in [1.29, 1.82) is 0 Å². The minimum absolute atomic E-state index is 0.0744. The van der Waals surface area contributed by atoms with Crippen molar-refractivity contribution < 1.29 is 13.2 Å². The Kier molecular flexibility index (Phi) is 8.91. The molecule has 1 N–H and O–H groups in total. The molecular weight excluding hydrogens is 314 g/mol. The summed E-state index contributed by atoms with van der Waals surface area (Å²) in [5.74, 6) is 2.56. The number of likely N-dealkylation sites (tertiary alicyclic amines) is 1. The van der Waals surface area contributed by atoms with Crippen LogP contribution >= 0.6 is 0 Å². The second kappa shape index (κ2) is 10.1. The minimum atomic E-state index is -2.94. The van der Waals surface area contributed by atoms with Gasteiger partial charge in [-0.25, -0.2) is 8.42 Å². The lowest BCUT2D eigenvalue weighted by Crippen LogP contribution is -2.41. The van der Waals surface area contributed by atoms with Crippen molar-refractivity contribution in [2.75, 3.05) is 51.9 Å². The van der Waals surface area contributed by atoms with Gasteiger partial charge in [0.05, 0.1) is 19.0 Å². The molecule has 0 amide bonds. The van der Waals surface area contributed by atoms with Crippen LogP contribution in [0.5, 0.6) is 0 Å². The van der Waals surface area contributed by atoms with Gasteiger partial charge < -0.3 is 15.0 Å². The molecule has 1 aliphatic heterocycles. The molecule has 0 bridgehead atoms. The van der Waals surface area contributed by atoms with Gasteiger partial charge in [-0.05, 0) is 18.3 Å². The van der Waals surface area contributed by atoms with Crippen LogP contribution in [0.2, 0.25) is 0 Å². The summed E-state index contributed by atoms with van der Waals surface area (Å²) >= 11 is 0. The molecule has 23 heavy (non-hydrogen) atoms. The van der Waals surface area contributed by atoms with Crippen LogP contribution in [0.4, 0.5) is 0 Å². The van der Waals surface area contributed by atoms with Crippen molar-refractivity contribution in [3.05, 3.63) is 0 Å². The first-order valence-corrected chi connectivity index (χ1v) is 10.7. The SMILES string of the molecule is CCC(CC)C1CCN(C(=NC)NCCOCCS(C)(=O)=O)C1. The number of hydrogen-bond donors (Lipinski definition) is 1. The van der Waals surface area contributed by atoms with Crippen molar-refractivity contribution in [2.24, 2.45) is 16.8 Å². The summed E-state index contributed by atoms with van der Waals surface area (Å²) in [6.07, 6.45) is 4.95. The van der Waals surface area contributed by atoms with Crippen molar-refractivity contribution in [2.45, 2.75) is 33.1 Å². The van der Waals surface area contributed by atoms with Crippen LogP contribution in [0.3, 0.4) is 0 Å². The maximum Gasteiger partial charge on any atom is 0.193 e. The predicted octanol–water partition coefficient (Wildman–Crippen LogP) is 1.38. The highest BCUT2D eigenvalue weighted by Crippen LogP contribution is 2.28. The Hall–Kier alpha value is -0.820. The molecule has 0 spiro atoms. The van der Waals surface area contributed by atoms with Gasteiger partial charge in [0.1, 0.15) is 9.84 Å². The molecule has 1 rings (SSSR count). The molecule has 6 nitrogen and oxygen atoms in total. The first kappa shape index (κ1) is 20.2. The van der Waals surface area contributed by atoms with Gasteiger partial charge in [-0.3, -0.25) is 4.99 Å². The molecule has 0 aromatic rings. The fraction of sp³-hybridized carbons (Fsp3) is 0.938. The molecule has 1 unspecified atom stereocenters. The third-order valence-corrected chi connectivity index (χ3v) is 5.49. The van der Waals surface area contributed by atoms with E-state index in [9.17, 15) is 8.42 Å². The number of ether oxygens (including phenoxy) is 1. The number of hydrogen-bond acceptors (Lipinski definition) is 4. The zero-order valence-electron chi connectivity index (χ0n) is 15.0. The van der Waals surface area contributed by atoms with Gasteiger partial charge >= 0.3 is 0 Å². The highest BCUT2D eigenvalue weighted by molar-refractivity contribution is 7.90. The largest absolute Gasteiger partial charge is 0.379 e. The van der Waals surface area contributed by atoms with Gasteiger partial charge in [0.2, 0.25) is 0 Å². The van der Waals surface area contributed by atoms with E-state index in [0.717, 1.165) is 30.9 Å². The number of nitrogens with one attached hydrogen (secondary N) is 1. The van der Waals surface area contributed by atoms with Gasteiger partial charge in [-0.1, -0.05) is 26.7 Å². The summed E-state index contributed by atoms with van der Waals surface area (Å²) in [6, 6.07) is 0. The van der Waals surface area contributed by atoms with Gasteiger partial charge in [0, 0.05) is 32.9 Å². The van der Waals surface area contributed by atoms with Crippen molar-refractivity contribution in [3.63, 3.8) is 0 Å². The second-order valence-corrected chi connectivity index (χ2v) is 8.55. The Morgan fingerprint density at radius 1 is 1.35 bits per heavy atom. The fourth-order valence-electron chi connectivity index (χ4n) is 3.20. The van der Waals surface area contributed by atoms with Gasteiger partial charge in [0.15, 0.2) is 5.96 Å². The summed E-state index contributed by atoms with van der Waals surface area (Å²) in [5.41, 5.74) is 0. The van der Waals surface area contributed by atoms with E-state index in [-0.39, 0.29) is 12.4 Å². The number of guanidine groups is 1. The molecule has 1 aliphatic rings. The Labute approximate surface area is 141 Å². The first-order chi connectivity index (χ1) is 10.9. The number of nitrogens with zero attached hydrogens (tertiary/aromatic N) is 2. The quantitative estimate of drug-likeness (QED) is 0.388. The maximum atomic E-state index is 11.0. The Morgan fingerprint density at radius 2 is 2.04 bits per heavy atom. The molecule has 136 valence electrons. The van der Waals surface area contributed by atoms with E-state index in [1.54, 1.807) is 7.05 Å². The molecule has 7 heteroatoms. The highest BCUT2D eigenvalue weighted by Gasteiger charge is 2.29. The average Bonchev–Trinajstić information content (AvgIpc) is 2.96. The van der Waals surface area contributed by atoms with Crippen LogP contribution in [0.1, 0.15) is 33.1 Å². The predicted molar refractivity (Wildman–Crippen MR) is 95.6 cm³/mol. The van der Waals surface area contributed by atoms with Gasteiger partial charge in [-0.15, -0.1) is 0 Å². The Bertz CT molecular complexity index is 461. The van der Waals surface area contributed by atoms with Crippen LogP contribution in [0, 0.1) is 11.8 Å². The van der Waals surface area contributed by atoms with Crippen molar-refractivity contribution in [1.82, 2.24) is 10.2 Å². The standard InChI is InChI=1S/C16H33N3O3S/c1-5-14(6-2)15-7-9-19(13-15)16(17-3)18-8-10-22-11-12-23(4,20)21/h14-15H,5-13H2,1-4H3,(H,17,18). The lowest BCUT2D eigenvalue weighted by molar-refractivity contribution is 0.153. The van der Waals surface area contributed by atoms with E-state index >= 15 is 0 Å². The second-order valence-electron chi connectivity index (χ2n) is 6.29. The molecule has 0 aromatic carbocycles. The average molecular weight is 348 g/mol. The maximum absolute atomic E-state index is 11.0. The van der Waals surface area contributed by atoms with E-state index in [1.807, 2.05) is 0 Å². The van der Waals surface area contributed by atoms with E-state index in [4.69, 9.17) is 4.74 Å². The lowest BCUT2D eigenvalue weighted by Gasteiger charge is -2.24. The fourth-order valence-corrected chi connectivity index (χ4v) is 3.62. The topological polar surface area (TPSA) is 71.0 Å². The van der Waals surface area contributed by atoms with Crippen LogP contribution in [-0.4, -0.2) is 71.2 Å². The smallest absolute Gasteiger partial charge is 0.193 e. The summed E-state index contributed by atoms with van der Waals surface area (Å²) in [7, 11) is -1.14. The zero-order valence-corrected chi connectivity index (χ0v) is 15.9. The molecule has 0 aromatic heterocycles. The lowest BCUT2D eigenvalue weighted by atomic mass is 9.87. The molecule has 1 fully saturated rings.